The Morgan fingerprint density at radius 2 is 2.00 bits per heavy atom. The highest BCUT2D eigenvalue weighted by atomic mass is 35.5. The predicted molar refractivity (Wildman–Crippen MR) is 71.0 cm³/mol. The molecule has 1 aromatic carbocycles. The Kier molecular flexibility index (Phi) is 3.23. The third kappa shape index (κ3) is 2.30. The first kappa shape index (κ1) is 12.8. The van der Waals surface area contributed by atoms with Gasteiger partial charge in [0.2, 0.25) is 5.88 Å². The van der Waals surface area contributed by atoms with Crippen molar-refractivity contribution in [2.24, 2.45) is 0 Å². The highest BCUT2D eigenvalue weighted by Gasteiger charge is 2.10. The van der Waals surface area contributed by atoms with Crippen molar-refractivity contribution >= 4 is 22.5 Å². The molecule has 3 rings (SSSR count). The van der Waals surface area contributed by atoms with E-state index in [0.29, 0.717) is 10.7 Å². The Hall–Kier alpha value is -2.21. The molecule has 0 saturated heterocycles. The lowest BCUT2D eigenvalue weighted by molar-refractivity contribution is -0.0530. The number of aromatic nitrogens is 3. The van der Waals surface area contributed by atoms with Gasteiger partial charge in [-0.05, 0) is 12.1 Å². The molecule has 0 spiro atoms. The van der Waals surface area contributed by atoms with Crippen LogP contribution in [-0.4, -0.2) is 21.6 Å². The fourth-order valence-corrected chi connectivity index (χ4v) is 2.17. The summed E-state index contributed by atoms with van der Waals surface area (Å²) in [6.07, 6.45) is 4.31. The molecular formula is C13H8ClF2N3O. The molecule has 1 N–H and O–H groups in total. The van der Waals surface area contributed by atoms with E-state index in [1.807, 2.05) is 6.07 Å². The molecule has 0 fully saturated rings. The van der Waals surface area contributed by atoms with Gasteiger partial charge in [-0.3, -0.25) is 0 Å². The molecule has 0 radical (unpaired) electrons. The molecule has 2 heterocycles. The summed E-state index contributed by atoms with van der Waals surface area (Å²) >= 11 is 6.07. The lowest BCUT2D eigenvalue weighted by Gasteiger charge is -2.06. The van der Waals surface area contributed by atoms with E-state index in [-0.39, 0.29) is 5.88 Å². The fraction of sp³-hybridized carbons (Fsp3) is 0.0769. The summed E-state index contributed by atoms with van der Waals surface area (Å²) in [5, 5.41) is 1.48. The number of H-pyrrole nitrogens is 1. The predicted octanol–water partition coefficient (Wildman–Crippen LogP) is 3.88. The molecule has 4 nitrogen and oxygen atoms in total. The van der Waals surface area contributed by atoms with E-state index in [9.17, 15) is 8.78 Å². The van der Waals surface area contributed by atoms with Crippen molar-refractivity contribution in [1.29, 1.82) is 0 Å². The van der Waals surface area contributed by atoms with E-state index in [2.05, 4.69) is 19.7 Å². The van der Waals surface area contributed by atoms with Crippen LogP contribution in [0.4, 0.5) is 8.78 Å². The molecule has 102 valence electrons. The van der Waals surface area contributed by atoms with Crippen LogP contribution in [0, 0.1) is 0 Å². The first-order valence-corrected chi connectivity index (χ1v) is 6.06. The van der Waals surface area contributed by atoms with Crippen molar-refractivity contribution in [2.45, 2.75) is 6.61 Å². The second kappa shape index (κ2) is 5.05. The summed E-state index contributed by atoms with van der Waals surface area (Å²) in [5.74, 6) is -0.219. The van der Waals surface area contributed by atoms with E-state index in [0.717, 1.165) is 22.7 Å². The van der Waals surface area contributed by atoms with Gasteiger partial charge in [0, 0.05) is 17.1 Å². The quantitative estimate of drug-likeness (QED) is 0.798. The number of halogens is 3. The molecule has 7 heteroatoms. The third-order valence-electron chi connectivity index (χ3n) is 2.79. The third-order valence-corrected chi connectivity index (χ3v) is 3.10. The SMILES string of the molecule is FC(F)Oc1cnc(-c2ccc(Cl)c3[nH]ccc23)cn1. The van der Waals surface area contributed by atoms with Gasteiger partial charge in [-0.1, -0.05) is 17.7 Å². The summed E-state index contributed by atoms with van der Waals surface area (Å²) in [6, 6.07) is 5.40. The maximum atomic E-state index is 12.0. The molecule has 0 unspecified atom stereocenters. The van der Waals surface area contributed by atoms with Crippen LogP contribution in [0.1, 0.15) is 0 Å². The normalized spacial score (nSPS) is 11.2. The lowest BCUT2D eigenvalue weighted by Crippen LogP contribution is -2.03. The number of hydrogen-bond acceptors (Lipinski definition) is 3. The largest absolute Gasteiger partial charge is 0.415 e. The lowest BCUT2D eigenvalue weighted by atomic mass is 10.1. The van der Waals surface area contributed by atoms with Crippen LogP contribution >= 0.6 is 11.6 Å². The van der Waals surface area contributed by atoms with Crippen LogP contribution in [0.2, 0.25) is 5.02 Å². The molecule has 2 aromatic heterocycles. The standard InChI is InChI=1S/C13H8ClF2N3O/c14-9-2-1-7(8-3-4-17-12(8)9)10-5-19-11(6-18-10)20-13(15)16/h1-6,13,17H. The highest BCUT2D eigenvalue weighted by Crippen LogP contribution is 2.31. The van der Waals surface area contributed by atoms with Crippen molar-refractivity contribution < 1.29 is 13.5 Å². The average Bonchev–Trinajstić information content (AvgIpc) is 2.90. The van der Waals surface area contributed by atoms with E-state index in [1.54, 1.807) is 18.3 Å². The number of nitrogens with one attached hydrogen (secondary N) is 1. The van der Waals surface area contributed by atoms with Crippen LogP contribution in [0.15, 0.2) is 36.8 Å². The molecule has 20 heavy (non-hydrogen) atoms. The van der Waals surface area contributed by atoms with Gasteiger partial charge in [-0.15, -0.1) is 0 Å². The number of ether oxygens (including phenoxy) is 1. The number of alkyl halides is 2. The summed E-state index contributed by atoms with van der Waals surface area (Å²) in [4.78, 5) is 10.9. The second-order valence-electron chi connectivity index (χ2n) is 3.98. The molecule has 0 aliphatic heterocycles. The van der Waals surface area contributed by atoms with Crippen molar-refractivity contribution in [3.8, 4) is 17.1 Å². The average molecular weight is 296 g/mol. The molecule has 0 saturated carbocycles. The number of benzene rings is 1. The monoisotopic (exact) mass is 295 g/mol. The van der Waals surface area contributed by atoms with Gasteiger partial charge in [-0.25, -0.2) is 9.97 Å². The minimum absolute atomic E-state index is 0.219. The topological polar surface area (TPSA) is 50.8 Å². The zero-order chi connectivity index (χ0) is 14.1. The minimum Gasteiger partial charge on any atom is -0.415 e. The number of aromatic amines is 1. The van der Waals surface area contributed by atoms with Crippen molar-refractivity contribution in [1.82, 2.24) is 15.0 Å². The second-order valence-corrected chi connectivity index (χ2v) is 4.39. The van der Waals surface area contributed by atoms with Gasteiger partial charge in [0.15, 0.2) is 0 Å². The van der Waals surface area contributed by atoms with Crippen molar-refractivity contribution in [2.75, 3.05) is 0 Å². The van der Waals surface area contributed by atoms with Crippen molar-refractivity contribution in [3.05, 3.63) is 41.8 Å². The first-order chi connectivity index (χ1) is 9.65. The van der Waals surface area contributed by atoms with Gasteiger partial charge >= 0.3 is 6.61 Å². The van der Waals surface area contributed by atoms with Gasteiger partial charge in [0.25, 0.3) is 0 Å². The number of fused-ring (bicyclic) bond motifs is 1. The molecule has 0 aliphatic rings. The summed E-state index contributed by atoms with van der Waals surface area (Å²) in [6.45, 7) is -2.91. The molecular weight excluding hydrogens is 288 g/mol. The number of rotatable bonds is 3. The summed E-state index contributed by atoms with van der Waals surface area (Å²) in [7, 11) is 0. The Balaban J connectivity index is 2.03. The van der Waals surface area contributed by atoms with Crippen LogP contribution in [0.5, 0.6) is 5.88 Å². The molecule has 3 aromatic rings. The summed E-state index contributed by atoms with van der Waals surface area (Å²) in [5.41, 5.74) is 2.15. The van der Waals surface area contributed by atoms with Crippen LogP contribution in [-0.2, 0) is 0 Å². The molecule has 0 amide bonds. The van der Waals surface area contributed by atoms with Crippen molar-refractivity contribution in [3.63, 3.8) is 0 Å². The maximum absolute atomic E-state index is 12.0. The van der Waals surface area contributed by atoms with Gasteiger partial charge in [-0.2, -0.15) is 8.78 Å². The van der Waals surface area contributed by atoms with Gasteiger partial charge < -0.3 is 9.72 Å². The number of hydrogen-bond donors (Lipinski definition) is 1. The van der Waals surface area contributed by atoms with E-state index < -0.39 is 6.61 Å². The maximum Gasteiger partial charge on any atom is 0.388 e. The zero-order valence-electron chi connectivity index (χ0n) is 9.98. The van der Waals surface area contributed by atoms with Crippen LogP contribution in [0.3, 0.4) is 0 Å². The Morgan fingerprint density at radius 3 is 2.70 bits per heavy atom. The zero-order valence-corrected chi connectivity index (χ0v) is 10.7. The summed E-state index contributed by atoms with van der Waals surface area (Å²) < 4.78 is 28.3. The van der Waals surface area contributed by atoms with Gasteiger partial charge in [0.1, 0.15) is 0 Å². The molecule has 0 bridgehead atoms. The first-order valence-electron chi connectivity index (χ1n) is 5.68. The van der Waals surface area contributed by atoms with Crippen LogP contribution in [0.25, 0.3) is 22.2 Å². The van der Waals surface area contributed by atoms with E-state index in [4.69, 9.17) is 11.6 Å². The highest BCUT2D eigenvalue weighted by molar-refractivity contribution is 6.35. The Bertz CT molecular complexity index is 743. The Morgan fingerprint density at radius 1 is 1.15 bits per heavy atom. The molecule has 0 atom stereocenters. The van der Waals surface area contributed by atoms with E-state index >= 15 is 0 Å². The fourth-order valence-electron chi connectivity index (χ4n) is 1.95. The minimum atomic E-state index is -2.91. The Labute approximate surface area is 117 Å². The van der Waals surface area contributed by atoms with Crippen LogP contribution < -0.4 is 4.74 Å². The van der Waals surface area contributed by atoms with Gasteiger partial charge in [0.05, 0.1) is 28.6 Å². The smallest absolute Gasteiger partial charge is 0.388 e. The molecule has 0 aliphatic carbocycles. The number of nitrogens with zero attached hydrogens (tertiary/aromatic N) is 2. The van der Waals surface area contributed by atoms with E-state index in [1.165, 1.54) is 6.20 Å².